The van der Waals surface area contributed by atoms with Crippen LogP contribution >= 0.6 is 0 Å². The topological polar surface area (TPSA) is 46.6 Å². The van der Waals surface area contributed by atoms with E-state index in [2.05, 4.69) is 0 Å². The Labute approximate surface area is 167 Å². The molecule has 2 saturated heterocycles. The van der Waals surface area contributed by atoms with E-state index in [1.54, 1.807) is 25.7 Å². The van der Waals surface area contributed by atoms with Crippen LogP contribution in [0.5, 0.6) is 0 Å². The lowest BCUT2D eigenvalue weighted by atomic mass is 9.75. The average molecular weight is 415 g/mol. The summed E-state index contributed by atoms with van der Waals surface area (Å²) in [4.78, 5) is 27.2. The summed E-state index contributed by atoms with van der Waals surface area (Å²) in [5.41, 5.74) is -2.09. The molecule has 3 rings (SSSR count). The summed E-state index contributed by atoms with van der Waals surface area (Å²) < 4.78 is 58.2. The highest BCUT2D eigenvalue weighted by atomic mass is 19.4. The van der Waals surface area contributed by atoms with Crippen LogP contribution in [-0.2, 0) is 10.9 Å². The molecule has 29 heavy (non-hydrogen) atoms. The van der Waals surface area contributed by atoms with Gasteiger partial charge in [-0.3, -0.25) is 4.79 Å². The summed E-state index contributed by atoms with van der Waals surface area (Å²) in [6.45, 7) is 5.33. The van der Waals surface area contributed by atoms with Crippen LogP contribution in [0.25, 0.3) is 0 Å². The maximum absolute atomic E-state index is 13.7. The smallest absolute Gasteiger partial charge is 0.416 e. The van der Waals surface area contributed by atoms with E-state index in [1.807, 2.05) is 0 Å². The van der Waals surface area contributed by atoms with Crippen LogP contribution in [0, 0.1) is 11.7 Å². The van der Waals surface area contributed by atoms with Crippen LogP contribution in [0.4, 0.5) is 22.4 Å². The number of hydrogen-bond donors (Lipinski definition) is 0. The number of ether oxygens (including phenoxy) is 1. The van der Waals surface area contributed by atoms with Gasteiger partial charge in [-0.25, -0.2) is 9.18 Å². The van der Waals surface area contributed by atoms with Crippen molar-refractivity contribution in [2.45, 2.75) is 76.7 Å². The Morgan fingerprint density at radius 2 is 1.62 bits per heavy atom. The summed E-state index contributed by atoms with van der Waals surface area (Å²) in [7, 11) is 0. The molecule has 2 aliphatic rings. The number of Topliss-reactive ketones (excluding diaryl/α,β-unsaturated/α-hetero) is 1. The Kier molecular flexibility index (Phi) is 5.66. The Bertz CT molecular complexity index is 786. The van der Waals surface area contributed by atoms with E-state index in [1.165, 1.54) is 0 Å². The summed E-state index contributed by atoms with van der Waals surface area (Å²) in [6, 6.07) is 1.54. The molecule has 2 fully saturated rings. The van der Waals surface area contributed by atoms with Crippen LogP contribution in [0.1, 0.15) is 68.8 Å². The van der Waals surface area contributed by atoms with Gasteiger partial charge in [0, 0.05) is 23.6 Å². The number of carbonyl (C=O) groups excluding carboxylic acids is 2. The first-order chi connectivity index (χ1) is 13.3. The molecule has 1 aromatic carbocycles. The molecule has 1 amide bonds. The fourth-order valence-corrected chi connectivity index (χ4v) is 4.34. The summed E-state index contributed by atoms with van der Waals surface area (Å²) in [6.07, 6.45) is -2.16. The molecule has 4 nitrogen and oxygen atoms in total. The van der Waals surface area contributed by atoms with Gasteiger partial charge in [0.15, 0.2) is 5.78 Å². The minimum Gasteiger partial charge on any atom is -0.444 e. The average Bonchev–Trinajstić information content (AvgIpc) is 2.57. The van der Waals surface area contributed by atoms with Crippen molar-refractivity contribution in [3.05, 3.63) is 35.1 Å². The molecule has 0 radical (unpaired) electrons. The molecule has 0 aliphatic carbocycles. The van der Waals surface area contributed by atoms with Crippen molar-refractivity contribution in [1.82, 2.24) is 4.90 Å². The van der Waals surface area contributed by atoms with Gasteiger partial charge in [-0.15, -0.1) is 0 Å². The Morgan fingerprint density at radius 1 is 1.03 bits per heavy atom. The second-order valence-corrected chi connectivity index (χ2v) is 8.89. The standard InChI is InChI=1S/C21H25F4NO3/c1-20(2,3)29-19(28)26-16-5-4-6-17(26)10-13(9-16)18(27)12-7-14(21(23,24)25)11-15(22)8-12/h7-8,11,13,16-17H,4-6,9-10H2,1-3H3. The molecular formula is C21H25F4NO3. The van der Waals surface area contributed by atoms with Gasteiger partial charge in [0.2, 0.25) is 0 Å². The number of nitrogens with zero attached hydrogens (tertiary/aromatic N) is 1. The van der Waals surface area contributed by atoms with Crippen LogP contribution in [-0.4, -0.2) is 34.5 Å². The molecule has 0 spiro atoms. The van der Waals surface area contributed by atoms with Crippen molar-refractivity contribution >= 4 is 11.9 Å². The number of piperidine rings is 2. The van der Waals surface area contributed by atoms with Gasteiger partial charge in [0.25, 0.3) is 0 Å². The number of ketones is 1. The second kappa shape index (κ2) is 7.61. The Morgan fingerprint density at radius 3 is 2.14 bits per heavy atom. The quantitative estimate of drug-likeness (QED) is 0.467. The lowest BCUT2D eigenvalue weighted by Crippen LogP contribution is -2.56. The van der Waals surface area contributed by atoms with Crippen molar-refractivity contribution in [1.29, 1.82) is 0 Å². The number of halogens is 4. The van der Waals surface area contributed by atoms with Gasteiger partial charge in [0.1, 0.15) is 11.4 Å². The molecule has 1 aromatic rings. The van der Waals surface area contributed by atoms with E-state index in [0.29, 0.717) is 37.8 Å². The first-order valence-electron chi connectivity index (χ1n) is 9.78. The molecule has 8 heteroatoms. The molecule has 2 aliphatic heterocycles. The molecular weight excluding hydrogens is 390 g/mol. The fraction of sp³-hybridized carbons (Fsp3) is 0.619. The van der Waals surface area contributed by atoms with E-state index in [-0.39, 0.29) is 17.6 Å². The summed E-state index contributed by atoms with van der Waals surface area (Å²) in [5, 5.41) is 0. The third-order valence-electron chi connectivity index (χ3n) is 5.46. The van der Waals surface area contributed by atoms with Gasteiger partial charge >= 0.3 is 12.3 Å². The van der Waals surface area contributed by atoms with E-state index in [0.717, 1.165) is 12.5 Å². The lowest BCUT2D eigenvalue weighted by Gasteiger charge is -2.48. The normalized spacial score (nSPS) is 24.9. The van der Waals surface area contributed by atoms with Crippen LogP contribution < -0.4 is 0 Å². The maximum Gasteiger partial charge on any atom is 0.416 e. The minimum atomic E-state index is -4.73. The monoisotopic (exact) mass is 415 g/mol. The third kappa shape index (κ3) is 4.90. The fourth-order valence-electron chi connectivity index (χ4n) is 4.34. The molecule has 2 bridgehead atoms. The Hall–Kier alpha value is -2.12. The van der Waals surface area contributed by atoms with E-state index < -0.39 is 41.0 Å². The number of amides is 1. The highest BCUT2D eigenvalue weighted by Gasteiger charge is 2.44. The zero-order valence-electron chi connectivity index (χ0n) is 16.7. The molecule has 2 atom stereocenters. The lowest BCUT2D eigenvalue weighted by molar-refractivity contribution is -0.137. The van der Waals surface area contributed by atoms with Crippen molar-refractivity contribution in [3.8, 4) is 0 Å². The molecule has 160 valence electrons. The van der Waals surface area contributed by atoms with Crippen LogP contribution in [0.2, 0.25) is 0 Å². The second-order valence-electron chi connectivity index (χ2n) is 8.89. The van der Waals surface area contributed by atoms with Gasteiger partial charge in [-0.05, 0) is 71.1 Å². The van der Waals surface area contributed by atoms with Gasteiger partial charge in [0.05, 0.1) is 5.56 Å². The van der Waals surface area contributed by atoms with E-state index in [9.17, 15) is 27.2 Å². The molecule has 2 heterocycles. The van der Waals surface area contributed by atoms with Gasteiger partial charge < -0.3 is 9.64 Å². The van der Waals surface area contributed by atoms with Crippen molar-refractivity contribution < 1.29 is 31.9 Å². The highest BCUT2D eigenvalue weighted by molar-refractivity contribution is 5.98. The van der Waals surface area contributed by atoms with Crippen molar-refractivity contribution in [2.75, 3.05) is 0 Å². The number of fused-ring (bicyclic) bond motifs is 2. The predicted molar refractivity (Wildman–Crippen MR) is 98.0 cm³/mol. The molecule has 2 unspecified atom stereocenters. The van der Waals surface area contributed by atoms with E-state index in [4.69, 9.17) is 4.74 Å². The first-order valence-corrected chi connectivity index (χ1v) is 9.78. The first kappa shape index (κ1) is 21.6. The van der Waals surface area contributed by atoms with Crippen LogP contribution in [0.3, 0.4) is 0 Å². The predicted octanol–water partition coefficient (Wildman–Crippen LogP) is 5.60. The van der Waals surface area contributed by atoms with Gasteiger partial charge in [-0.2, -0.15) is 13.2 Å². The molecule has 0 N–H and O–H groups in total. The summed E-state index contributed by atoms with van der Waals surface area (Å²) >= 11 is 0. The zero-order valence-corrected chi connectivity index (χ0v) is 16.7. The highest BCUT2D eigenvalue weighted by Crippen LogP contribution is 2.40. The third-order valence-corrected chi connectivity index (χ3v) is 5.46. The largest absolute Gasteiger partial charge is 0.444 e. The number of hydrogen-bond acceptors (Lipinski definition) is 3. The number of benzene rings is 1. The molecule has 0 saturated carbocycles. The SMILES string of the molecule is CC(C)(C)OC(=O)N1C2CCCC1CC(C(=O)c1cc(F)cc(C(F)(F)F)c1)C2. The number of alkyl halides is 3. The van der Waals surface area contributed by atoms with Crippen molar-refractivity contribution in [2.24, 2.45) is 5.92 Å². The minimum absolute atomic E-state index is 0.207. The van der Waals surface area contributed by atoms with Gasteiger partial charge in [-0.1, -0.05) is 0 Å². The zero-order chi connectivity index (χ0) is 21.6. The Balaban J connectivity index is 1.80. The van der Waals surface area contributed by atoms with E-state index >= 15 is 0 Å². The van der Waals surface area contributed by atoms with Crippen molar-refractivity contribution in [3.63, 3.8) is 0 Å². The number of carbonyl (C=O) groups is 2. The molecule has 0 aromatic heterocycles. The maximum atomic E-state index is 13.7. The number of rotatable bonds is 2. The summed E-state index contributed by atoms with van der Waals surface area (Å²) in [5.74, 6) is -2.14. The van der Waals surface area contributed by atoms with Crippen LogP contribution in [0.15, 0.2) is 18.2 Å².